The highest BCUT2D eigenvalue weighted by molar-refractivity contribution is 6.31. The second kappa shape index (κ2) is 7.55. The Labute approximate surface area is 123 Å². The molecule has 0 atom stereocenters. The van der Waals surface area contributed by atoms with E-state index in [2.05, 4.69) is 20.6 Å². The van der Waals surface area contributed by atoms with Crippen molar-refractivity contribution in [3.05, 3.63) is 53.6 Å². The molecule has 0 unspecified atom stereocenters. The Morgan fingerprint density at radius 3 is 2.90 bits per heavy atom. The average molecular weight is 292 g/mol. The molecule has 2 aromatic rings. The van der Waals surface area contributed by atoms with Crippen molar-refractivity contribution in [1.29, 1.82) is 0 Å². The highest BCUT2D eigenvalue weighted by atomic mass is 35.5. The highest BCUT2D eigenvalue weighted by Gasteiger charge is 2.01. The summed E-state index contributed by atoms with van der Waals surface area (Å²) in [6, 6.07) is 7.77. The Balaban J connectivity index is 1.77. The number of rotatable bonds is 5. The van der Waals surface area contributed by atoms with Gasteiger partial charge in [0.15, 0.2) is 5.96 Å². The maximum Gasteiger partial charge on any atom is 0.191 e. The summed E-state index contributed by atoms with van der Waals surface area (Å²) in [5, 5.41) is 7.24. The Hall–Kier alpha value is -2.01. The van der Waals surface area contributed by atoms with Crippen LogP contribution in [0.4, 0.5) is 0 Å². The van der Waals surface area contributed by atoms with E-state index in [1.807, 2.05) is 35.0 Å². The van der Waals surface area contributed by atoms with Crippen LogP contribution in [0, 0.1) is 0 Å². The minimum Gasteiger partial charge on any atom is -0.355 e. The quantitative estimate of drug-likeness (QED) is 0.653. The van der Waals surface area contributed by atoms with E-state index in [1.165, 1.54) is 0 Å². The molecule has 5 nitrogen and oxygen atoms in total. The summed E-state index contributed by atoms with van der Waals surface area (Å²) in [6.45, 7) is 2.26. The standard InChI is InChI=1S/C14H18ClN5/c1-16-14(18-7-9-20-8-6-17-11-20)19-10-12-4-2-3-5-13(12)15/h2-6,8,11H,7,9-10H2,1H3,(H2,16,18,19). The van der Waals surface area contributed by atoms with Crippen molar-refractivity contribution in [3.63, 3.8) is 0 Å². The fraction of sp³-hybridized carbons (Fsp3) is 0.286. The van der Waals surface area contributed by atoms with E-state index in [1.54, 1.807) is 19.6 Å². The van der Waals surface area contributed by atoms with E-state index in [0.29, 0.717) is 6.54 Å². The summed E-state index contributed by atoms with van der Waals surface area (Å²) in [6.07, 6.45) is 5.49. The summed E-state index contributed by atoms with van der Waals surface area (Å²) in [7, 11) is 1.75. The lowest BCUT2D eigenvalue weighted by Gasteiger charge is -2.12. The minimum atomic E-state index is 0.643. The number of nitrogens with one attached hydrogen (secondary N) is 2. The van der Waals surface area contributed by atoms with Crippen molar-refractivity contribution >= 4 is 17.6 Å². The molecule has 2 rings (SSSR count). The fourth-order valence-corrected chi connectivity index (χ4v) is 1.97. The molecule has 0 spiro atoms. The van der Waals surface area contributed by atoms with Crippen LogP contribution in [-0.4, -0.2) is 29.1 Å². The molecule has 0 radical (unpaired) electrons. The van der Waals surface area contributed by atoms with Gasteiger partial charge < -0.3 is 15.2 Å². The summed E-state index contributed by atoms with van der Waals surface area (Å²) in [4.78, 5) is 8.18. The van der Waals surface area contributed by atoms with Gasteiger partial charge in [-0.2, -0.15) is 0 Å². The molecule has 0 bridgehead atoms. The predicted molar refractivity (Wildman–Crippen MR) is 81.9 cm³/mol. The Morgan fingerprint density at radius 2 is 2.20 bits per heavy atom. The highest BCUT2D eigenvalue weighted by Crippen LogP contribution is 2.13. The Morgan fingerprint density at radius 1 is 1.35 bits per heavy atom. The van der Waals surface area contributed by atoms with Gasteiger partial charge >= 0.3 is 0 Å². The largest absolute Gasteiger partial charge is 0.355 e. The van der Waals surface area contributed by atoms with E-state index in [-0.39, 0.29) is 0 Å². The molecule has 1 aromatic carbocycles. The van der Waals surface area contributed by atoms with Crippen molar-refractivity contribution in [2.45, 2.75) is 13.1 Å². The number of guanidine groups is 1. The van der Waals surface area contributed by atoms with Crippen LogP contribution in [0.2, 0.25) is 5.02 Å². The second-order valence-electron chi connectivity index (χ2n) is 4.24. The third-order valence-electron chi connectivity index (χ3n) is 2.85. The van der Waals surface area contributed by atoms with Crippen molar-refractivity contribution in [2.75, 3.05) is 13.6 Å². The number of nitrogens with zero attached hydrogens (tertiary/aromatic N) is 3. The number of aliphatic imine (C=N–C) groups is 1. The van der Waals surface area contributed by atoms with Crippen LogP contribution < -0.4 is 10.6 Å². The van der Waals surface area contributed by atoms with Crippen LogP contribution in [0.5, 0.6) is 0 Å². The molecule has 20 heavy (non-hydrogen) atoms. The van der Waals surface area contributed by atoms with Gasteiger partial charge in [-0.15, -0.1) is 0 Å². The van der Waals surface area contributed by atoms with Gasteiger partial charge in [-0.05, 0) is 11.6 Å². The fourth-order valence-electron chi connectivity index (χ4n) is 1.76. The first-order valence-electron chi connectivity index (χ1n) is 6.43. The smallest absolute Gasteiger partial charge is 0.191 e. The average Bonchev–Trinajstić information content (AvgIpc) is 2.97. The zero-order chi connectivity index (χ0) is 14.2. The van der Waals surface area contributed by atoms with Crippen LogP contribution in [-0.2, 0) is 13.1 Å². The molecule has 1 heterocycles. The Kier molecular flexibility index (Phi) is 5.43. The van der Waals surface area contributed by atoms with Crippen LogP contribution in [0.3, 0.4) is 0 Å². The van der Waals surface area contributed by atoms with E-state index in [0.717, 1.165) is 29.6 Å². The lowest BCUT2D eigenvalue weighted by atomic mass is 10.2. The van der Waals surface area contributed by atoms with Gasteiger partial charge in [-0.3, -0.25) is 4.99 Å². The van der Waals surface area contributed by atoms with Gasteiger partial charge in [0, 0.05) is 44.1 Å². The molecular formula is C14H18ClN5. The number of imidazole rings is 1. The van der Waals surface area contributed by atoms with Crippen molar-refractivity contribution in [1.82, 2.24) is 20.2 Å². The lowest BCUT2D eigenvalue weighted by molar-refractivity contribution is 0.661. The maximum absolute atomic E-state index is 6.11. The van der Waals surface area contributed by atoms with Gasteiger partial charge in [-0.25, -0.2) is 4.98 Å². The lowest BCUT2D eigenvalue weighted by Crippen LogP contribution is -2.38. The van der Waals surface area contributed by atoms with Gasteiger partial charge in [0.05, 0.1) is 6.33 Å². The molecular weight excluding hydrogens is 274 g/mol. The second-order valence-corrected chi connectivity index (χ2v) is 4.65. The molecule has 106 valence electrons. The van der Waals surface area contributed by atoms with Crippen molar-refractivity contribution in [3.8, 4) is 0 Å². The first-order valence-corrected chi connectivity index (χ1v) is 6.81. The number of hydrogen-bond acceptors (Lipinski definition) is 2. The predicted octanol–water partition coefficient (Wildman–Crippen LogP) is 1.90. The Bertz CT molecular complexity index is 550. The van der Waals surface area contributed by atoms with E-state index < -0.39 is 0 Å². The van der Waals surface area contributed by atoms with Crippen molar-refractivity contribution in [2.24, 2.45) is 4.99 Å². The molecule has 2 N–H and O–H groups in total. The molecule has 0 fully saturated rings. The first kappa shape index (κ1) is 14.4. The minimum absolute atomic E-state index is 0.643. The summed E-state index contributed by atoms with van der Waals surface area (Å²) in [5.41, 5.74) is 1.05. The van der Waals surface area contributed by atoms with E-state index in [9.17, 15) is 0 Å². The molecule has 0 saturated heterocycles. The van der Waals surface area contributed by atoms with Gasteiger partial charge in [0.2, 0.25) is 0 Å². The molecule has 0 aliphatic heterocycles. The van der Waals surface area contributed by atoms with Gasteiger partial charge in [-0.1, -0.05) is 29.8 Å². The topological polar surface area (TPSA) is 54.2 Å². The van der Waals surface area contributed by atoms with Gasteiger partial charge in [0.1, 0.15) is 0 Å². The van der Waals surface area contributed by atoms with E-state index >= 15 is 0 Å². The molecule has 0 saturated carbocycles. The number of halogens is 1. The maximum atomic E-state index is 6.11. The number of benzene rings is 1. The van der Waals surface area contributed by atoms with Crippen LogP contribution in [0.1, 0.15) is 5.56 Å². The molecule has 0 aliphatic carbocycles. The van der Waals surface area contributed by atoms with Gasteiger partial charge in [0.25, 0.3) is 0 Å². The van der Waals surface area contributed by atoms with Crippen LogP contribution in [0.15, 0.2) is 48.0 Å². The molecule has 0 aliphatic rings. The summed E-state index contributed by atoms with van der Waals surface area (Å²) < 4.78 is 2.01. The zero-order valence-electron chi connectivity index (χ0n) is 11.4. The summed E-state index contributed by atoms with van der Waals surface area (Å²) in [5.74, 6) is 0.755. The van der Waals surface area contributed by atoms with Crippen LogP contribution >= 0.6 is 11.6 Å². The number of hydrogen-bond donors (Lipinski definition) is 2. The SMILES string of the molecule is CN=C(NCCn1ccnc1)NCc1ccccc1Cl. The normalized spacial score (nSPS) is 11.4. The van der Waals surface area contributed by atoms with E-state index in [4.69, 9.17) is 11.6 Å². The molecule has 6 heteroatoms. The van der Waals surface area contributed by atoms with Crippen LogP contribution in [0.25, 0.3) is 0 Å². The number of aromatic nitrogens is 2. The van der Waals surface area contributed by atoms with Crippen molar-refractivity contribution < 1.29 is 0 Å². The third kappa shape index (κ3) is 4.28. The monoisotopic (exact) mass is 291 g/mol. The molecule has 0 amide bonds. The first-order chi connectivity index (χ1) is 9.79. The third-order valence-corrected chi connectivity index (χ3v) is 3.22. The zero-order valence-corrected chi connectivity index (χ0v) is 12.1. The molecule has 1 aromatic heterocycles. The summed E-state index contributed by atoms with van der Waals surface area (Å²) >= 11 is 6.11.